The zero-order valence-electron chi connectivity index (χ0n) is 11.5. The zero-order chi connectivity index (χ0) is 14.2. The zero-order valence-corrected chi connectivity index (χ0v) is 12.3. The third-order valence-electron chi connectivity index (χ3n) is 3.50. The number of hydrogen-bond donors (Lipinski definition) is 2. The topological polar surface area (TPSA) is 53.6 Å². The van der Waals surface area contributed by atoms with E-state index in [0.29, 0.717) is 0 Å². The number of nitrogens with one attached hydrogen (secondary N) is 2. The maximum atomic E-state index is 4.70. The smallest absolute Gasteiger partial charge is 0.116 e. The molecule has 0 fully saturated rings. The SMILES string of the molecule is CC(Nc1ccc2[nH]ncc2c1)c1nc2ccccc2s1. The summed E-state index contributed by atoms with van der Waals surface area (Å²) in [6, 6.07) is 14.6. The lowest BCUT2D eigenvalue weighted by atomic mass is 10.2. The second-order valence-corrected chi connectivity index (χ2v) is 6.12. The van der Waals surface area contributed by atoms with Crippen molar-refractivity contribution in [3.63, 3.8) is 0 Å². The fraction of sp³-hybridized carbons (Fsp3) is 0.125. The largest absolute Gasteiger partial charge is 0.376 e. The number of hydrogen-bond acceptors (Lipinski definition) is 4. The molecule has 0 spiro atoms. The van der Waals surface area contributed by atoms with Crippen molar-refractivity contribution >= 4 is 38.1 Å². The first kappa shape index (κ1) is 12.3. The molecule has 4 nitrogen and oxygen atoms in total. The monoisotopic (exact) mass is 294 g/mol. The van der Waals surface area contributed by atoms with Crippen LogP contribution in [-0.2, 0) is 0 Å². The number of thiazole rings is 1. The van der Waals surface area contributed by atoms with Crippen LogP contribution in [0.25, 0.3) is 21.1 Å². The minimum absolute atomic E-state index is 0.173. The first-order valence-electron chi connectivity index (χ1n) is 6.85. The van der Waals surface area contributed by atoms with Crippen LogP contribution in [0.3, 0.4) is 0 Å². The standard InChI is InChI=1S/C16H14N4S/c1-10(16-19-14-4-2-3-5-15(14)21-16)18-12-6-7-13-11(8-12)9-17-20-13/h2-10,18H,1H3,(H,17,20). The summed E-state index contributed by atoms with van der Waals surface area (Å²) >= 11 is 1.74. The van der Waals surface area contributed by atoms with Gasteiger partial charge in [-0.3, -0.25) is 5.10 Å². The molecule has 2 aromatic carbocycles. The van der Waals surface area contributed by atoms with Crippen molar-refractivity contribution in [2.75, 3.05) is 5.32 Å². The van der Waals surface area contributed by atoms with Gasteiger partial charge in [0, 0.05) is 11.1 Å². The maximum Gasteiger partial charge on any atom is 0.116 e. The van der Waals surface area contributed by atoms with Gasteiger partial charge in [0.1, 0.15) is 5.01 Å². The second-order valence-electron chi connectivity index (χ2n) is 5.06. The molecule has 21 heavy (non-hydrogen) atoms. The normalized spacial score (nSPS) is 12.8. The van der Waals surface area contributed by atoms with Gasteiger partial charge in [-0.1, -0.05) is 12.1 Å². The molecular formula is C16H14N4S. The van der Waals surface area contributed by atoms with Crippen LogP contribution in [0.15, 0.2) is 48.7 Å². The van der Waals surface area contributed by atoms with E-state index in [2.05, 4.69) is 52.8 Å². The van der Waals surface area contributed by atoms with Crippen LogP contribution in [-0.4, -0.2) is 15.2 Å². The quantitative estimate of drug-likeness (QED) is 0.591. The van der Waals surface area contributed by atoms with E-state index in [1.165, 1.54) is 4.70 Å². The lowest BCUT2D eigenvalue weighted by Crippen LogP contribution is -2.05. The van der Waals surface area contributed by atoms with Crippen molar-refractivity contribution in [3.8, 4) is 0 Å². The number of nitrogens with zero attached hydrogens (tertiary/aromatic N) is 2. The van der Waals surface area contributed by atoms with Gasteiger partial charge < -0.3 is 5.32 Å². The Hall–Kier alpha value is -2.40. The maximum absolute atomic E-state index is 4.70. The van der Waals surface area contributed by atoms with E-state index in [9.17, 15) is 0 Å². The molecule has 0 radical (unpaired) electrons. The Morgan fingerprint density at radius 3 is 3.00 bits per heavy atom. The second kappa shape index (κ2) is 4.86. The first-order chi connectivity index (χ1) is 10.3. The van der Waals surface area contributed by atoms with Crippen molar-refractivity contribution in [1.29, 1.82) is 0 Å². The molecule has 104 valence electrons. The molecule has 0 aliphatic heterocycles. The van der Waals surface area contributed by atoms with Crippen LogP contribution in [0.1, 0.15) is 18.0 Å². The number of fused-ring (bicyclic) bond motifs is 2. The molecule has 2 aromatic heterocycles. The molecule has 0 aliphatic rings. The van der Waals surface area contributed by atoms with Gasteiger partial charge in [-0.2, -0.15) is 5.10 Å². The van der Waals surface area contributed by atoms with Crippen LogP contribution >= 0.6 is 11.3 Å². The van der Waals surface area contributed by atoms with E-state index in [1.54, 1.807) is 11.3 Å². The van der Waals surface area contributed by atoms with E-state index in [4.69, 9.17) is 4.98 Å². The Labute approximate surface area is 125 Å². The molecule has 4 aromatic rings. The molecule has 5 heteroatoms. The van der Waals surface area contributed by atoms with Gasteiger partial charge in [0.05, 0.1) is 28.0 Å². The first-order valence-corrected chi connectivity index (χ1v) is 7.66. The fourth-order valence-corrected chi connectivity index (χ4v) is 3.39. The molecule has 1 unspecified atom stereocenters. The molecular weight excluding hydrogens is 280 g/mol. The minimum Gasteiger partial charge on any atom is -0.376 e. The van der Waals surface area contributed by atoms with Crippen LogP contribution < -0.4 is 5.32 Å². The molecule has 0 saturated carbocycles. The van der Waals surface area contributed by atoms with E-state index in [-0.39, 0.29) is 6.04 Å². The Morgan fingerprint density at radius 2 is 2.10 bits per heavy atom. The van der Waals surface area contributed by atoms with Crippen molar-refractivity contribution in [2.24, 2.45) is 0 Å². The highest BCUT2D eigenvalue weighted by molar-refractivity contribution is 7.18. The summed E-state index contributed by atoms with van der Waals surface area (Å²) in [5.74, 6) is 0. The van der Waals surface area contributed by atoms with Gasteiger partial charge in [0.2, 0.25) is 0 Å². The highest BCUT2D eigenvalue weighted by Gasteiger charge is 2.11. The average Bonchev–Trinajstić information content (AvgIpc) is 3.13. The van der Waals surface area contributed by atoms with E-state index in [0.717, 1.165) is 27.1 Å². The molecule has 1 atom stereocenters. The molecule has 0 amide bonds. The summed E-state index contributed by atoms with van der Waals surface area (Å²) in [6.07, 6.45) is 1.84. The Kier molecular flexibility index (Phi) is 2.86. The van der Waals surface area contributed by atoms with Crippen LogP contribution in [0.2, 0.25) is 0 Å². The Bertz CT molecular complexity index is 876. The molecule has 2 N–H and O–H groups in total. The van der Waals surface area contributed by atoms with E-state index < -0.39 is 0 Å². The number of aromatic nitrogens is 3. The minimum atomic E-state index is 0.173. The summed E-state index contributed by atoms with van der Waals surface area (Å²) in [6.45, 7) is 2.14. The van der Waals surface area contributed by atoms with Gasteiger partial charge in [-0.25, -0.2) is 4.98 Å². The van der Waals surface area contributed by atoms with Crippen LogP contribution in [0.5, 0.6) is 0 Å². The third kappa shape index (κ3) is 2.25. The van der Waals surface area contributed by atoms with Crippen molar-refractivity contribution in [3.05, 3.63) is 53.7 Å². The summed E-state index contributed by atoms with van der Waals surface area (Å²) in [5.41, 5.74) is 3.19. The lowest BCUT2D eigenvalue weighted by Gasteiger charge is -2.12. The summed E-state index contributed by atoms with van der Waals surface area (Å²) < 4.78 is 1.23. The molecule has 0 aliphatic carbocycles. The van der Waals surface area contributed by atoms with Crippen molar-refractivity contribution in [2.45, 2.75) is 13.0 Å². The molecule has 4 rings (SSSR count). The average molecular weight is 294 g/mol. The third-order valence-corrected chi connectivity index (χ3v) is 4.72. The van der Waals surface area contributed by atoms with Gasteiger partial charge in [0.15, 0.2) is 0 Å². The molecule has 0 bridgehead atoms. The van der Waals surface area contributed by atoms with Crippen molar-refractivity contribution < 1.29 is 0 Å². The summed E-state index contributed by atoms with van der Waals surface area (Å²) in [5, 5.41) is 12.7. The fourth-order valence-electron chi connectivity index (χ4n) is 2.42. The number of H-pyrrole nitrogens is 1. The number of para-hydroxylation sites is 1. The number of aromatic amines is 1. The molecule has 2 heterocycles. The highest BCUT2D eigenvalue weighted by atomic mass is 32.1. The van der Waals surface area contributed by atoms with Gasteiger partial charge >= 0.3 is 0 Å². The summed E-state index contributed by atoms with van der Waals surface area (Å²) in [7, 11) is 0. The van der Waals surface area contributed by atoms with Crippen LogP contribution in [0.4, 0.5) is 5.69 Å². The number of rotatable bonds is 3. The van der Waals surface area contributed by atoms with Gasteiger partial charge in [0.25, 0.3) is 0 Å². The number of benzene rings is 2. The predicted octanol–water partition coefficient (Wildman–Crippen LogP) is 4.35. The van der Waals surface area contributed by atoms with E-state index >= 15 is 0 Å². The number of anilines is 1. The molecule has 0 saturated heterocycles. The van der Waals surface area contributed by atoms with Gasteiger partial charge in [-0.05, 0) is 37.3 Å². The van der Waals surface area contributed by atoms with Gasteiger partial charge in [-0.15, -0.1) is 11.3 Å². The van der Waals surface area contributed by atoms with Crippen molar-refractivity contribution in [1.82, 2.24) is 15.2 Å². The highest BCUT2D eigenvalue weighted by Crippen LogP contribution is 2.28. The Balaban J connectivity index is 1.63. The predicted molar refractivity (Wildman–Crippen MR) is 87.8 cm³/mol. The lowest BCUT2D eigenvalue weighted by molar-refractivity contribution is 0.875. The summed E-state index contributed by atoms with van der Waals surface area (Å²) in [4.78, 5) is 4.70. The van der Waals surface area contributed by atoms with Crippen LogP contribution in [0, 0.1) is 0 Å². The van der Waals surface area contributed by atoms with E-state index in [1.807, 2.05) is 18.3 Å². The Morgan fingerprint density at radius 1 is 1.19 bits per heavy atom.